The zero-order chi connectivity index (χ0) is 11.3. The second-order valence-electron chi connectivity index (χ2n) is 3.83. The molecule has 0 spiro atoms. The van der Waals surface area contributed by atoms with Crippen molar-refractivity contribution in [3.05, 3.63) is 36.0 Å². The highest BCUT2D eigenvalue weighted by Crippen LogP contribution is 2.27. The number of rotatable bonds is 1. The number of aromatic nitrogens is 2. The van der Waals surface area contributed by atoms with E-state index in [4.69, 9.17) is 5.11 Å². The molecule has 3 rings (SSSR count). The molecular weight excluding hydrogens is 204 g/mol. The van der Waals surface area contributed by atoms with E-state index in [1.165, 1.54) is 0 Å². The molecule has 80 valence electrons. The Bertz CT molecular complexity index is 706. The summed E-state index contributed by atoms with van der Waals surface area (Å²) in [5.74, 6) is -0.906. The Labute approximate surface area is 91.1 Å². The fraction of sp³-hybridized carbons (Fsp3) is 0.0833. The SMILES string of the molecule is Cn1c(C(=O)O)cc2c3ccccc3[nH]c21. The number of benzene rings is 1. The molecule has 2 heterocycles. The molecule has 0 atom stereocenters. The zero-order valence-electron chi connectivity index (χ0n) is 8.69. The Morgan fingerprint density at radius 1 is 1.31 bits per heavy atom. The lowest BCUT2D eigenvalue weighted by Crippen LogP contribution is -2.03. The highest BCUT2D eigenvalue weighted by molar-refractivity contribution is 6.09. The summed E-state index contributed by atoms with van der Waals surface area (Å²) in [6, 6.07) is 9.57. The fourth-order valence-electron chi connectivity index (χ4n) is 2.12. The minimum Gasteiger partial charge on any atom is -0.477 e. The van der Waals surface area contributed by atoms with Crippen LogP contribution in [0.4, 0.5) is 0 Å². The van der Waals surface area contributed by atoms with Gasteiger partial charge in [0.1, 0.15) is 11.3 Å². The minimum atomic E-state index is -0.906. The lowest BCUT2D eigenvalue weighted by molar-refractivity contribution is 0.0687. The third-order valence-corrected chi connectivity index (χ3v) is 2.92. The normalized spacial score (nSPS) is 11.3. The van der Waals surface area contributed by atoms with Gasteiger partial charge < -0.3 is 14.7 Å². The number of carboxylic acids is 1. The predicted molar refractivity (Wildman–Crippen MR) is 61.7 cm³/mol. The second-order valence-corrected chi connectivity index (χ2v) is 3.83. The van der Waals surface area contributed by atoms with Crippen molar-refractivity contribution in [1.82, 2.24) is 9.55 Å². The van der Waals surface area contributed by atoms with Gasteiger partial charge in [0.05, 0.1) is 0 Å². The van der Waals surface area contributed by atoms with Crippen molar-refractivity contribution in [3.8, 4) is 0 Å². The van der Waals surface area contributed by atoms with Crippen LogP contribution in [0.25, 0.3) is 21.9 Å². The van der Waals surface area contributed by atoms with E-state index in [0.29, 0.717) is 5.69 Å². The number of para-hydroxylation sites is 1. The number of hydrogen-bond donors (Lipinski definition) is 2. The summed E-state index contributed by atoms with van der Waals surface area (Å²) in [6.07, 6.45) is 0. The first-order valence-corrected chi connectivity index (χ1v) is 4.98. The maximum Gasteiger partial charge on any atom is 0.352 e. The minimum absolute atomic E-state index is 0.298. The van der Waals surface area contributed by atoms with E-state index in [9.17, 15) is 4.79 Å². The summed E-state index contributed by atoms with van der Waals surface area (Å²) >= 11 is 0. The quantitative estimate of drug-likeness (QED) is 0.653. The largest absolute Gasteiger partial charge is 0.477 e. The van der Waals surface area contributed by atoms with Crippen LogP contribution >= 0.6 is 0 Å². The number of nitrogens with zero attached hydrogens (tertiary/aromatic N) is 1. The number of H-pyrrole nitrogens is 1. The molecule has 0 unspecified atom stereocenters. The van der Waals surface area contributed by atoms with Gasteiger partial charge in [-0.2, -0.15) is 0 Å². The smallest absolute Gasteiger partial charge is 0.352 e. The number of carboxylic acid groups (broad SMARTS) is 1. The lowest BCUT2D eigenvalue weighted by Gasteiger charge is -1.96. The summed E-state index contributed by atoms with van der Waals surface area (Å²) in [5, 5.41) is 11.0. The molecule has 0 fully saturated rings. The number of carbonyl (C=O) groups is 1. The Balaban J connectivity index is 2.48. The molecule has 4 nitrogen and oxygen atoms in total. The molecule has 3 aromatic rings. The predicted octanol–water partition coefficient (Wildman–Crippen LogP) is 2.36. The highest BCUT2D eigenvalue weighted by Gasteiger charge is 2.15. The number of aromatic amines is 1. The van der Waals surface area contributed by atoms with E-state index in [-0.39, 0.29) is 0 Å². The molecule has 1 aromatic carbocycles. The first kappa shape index (κ1) is 9.03. The molecule has 2 N–H and O–H groups in total. The Morgan fingerprint density at radius 3 is 2.81 bits per heavy atom. The van der Waals surface area contributed by atoms with Crippen LogP contribution in [0.3, 0.4) is 0 Å². The summed E-state index contributed by atoms with van der Waals surface area (Å²) in [5.41, 5.74) is 2.17. The van der Waals surface area contributed by atoms with Crippen molar-refractivity contribution in [2.75, 3.05) is 0 Å². The van der Waals surface area contributed by atoms with Crippen molar-refractivity contribution in [2.45, 2.75) is 0 Å². The molecule has 2 aromatic heterocycles. The van der Waals surface area contributed by atoms with Gasteiger partial charge in [-0.05, 0) is 12.1 Å². The summed E-state index contributed by atoms with van der Waals surface area (Å²) in [4.78, 5) is 14.2. The van der Waals surface area contributed by atoms with E-state index in [1.54, 1.807) is 17.7 Å². The molecule has 0 aliphatic rings. The van der Waals surface area contributed by atoms with Crippen LogP contribution in [0.15, 0.2) is 30.3 Å². The molecule has 0 amide bonds. The van der Waals surface area contributed by atoms with Crippen LogP contribution in [0, 0.1) is 0 Å². The average molecular weight is 214 g/mol. The molecular formula is C12H10N2O2. The topological polar surface area (TPSA) is 58.0 Å². The van der Waals surface area contributed by atoms with E-state index in [0.717, 1.165) is 21.9 Å². The van der Waals surface area contributed by atoms with Crippen molar-refractivity contribution < 1.29 is 9.90 Å². The lowest BCUT2D eigenvalue weighted by atomic mass is 10.2. The van der Waals surface area contributed by atoms with Crippen LogP contribution in [-0.2, 0) is 7.05 Å². The zero-order valence-corrected chi connectivity index (χ0v) is 8.69. The Hall–Kier alpha value is -2.23. The first-order chi connectivity index (χ1) is 7.68. The van der Waals surface area contributed by atoms with Gasteiger partial charge in [0.2, 0.25) is 0 Å². The van der Waals surface area contributed by atoms with E-state index < -0.39 is 5.97 Å². The van der Waals surface area contributed by atoms with Gasteiger partial charge >= 0.3 is 5.97 Å². The summed E-state index contributed by atoms with van der Waals surface area (Å²) in [7, 11) is 1.75. The number of aromatic carboxylic acids is 1. The van der Waals surface area contributed by atoms with Gasteiger partial charge in [0.15, 0.2) is 0 Å². The van der Waals surface area contributed by atoms with Crippen LogP contribution in [0.2, 0.25) is 0 Å². The van der Waals surface area contributed by atoms with Gasteiger partial charge in [-0.15, -0.1) is 0 Å². The van der Waals surface area contributed by atoms with Crippen molar-refractivity contribution in [2.24, 2.45) is 7.05 Å². The van der Waals surface area contributed by atoms with Gasteiger partial charge in [0, 0.05) is 23.3 Å². The number of aryl methyl sites for hydroxylation is 1. The molecule has 16 heavy (non-hydrogen) atoms. The maximum atomic E-state index is 11.0. The number of fused-ring (bicyclic) bond motifs is 3. The third-order valence-electron chi connectivity index (χ3n) is 2.92. The molecule has 0 bridgehead atoms. The van der Waals surface area contributed by atoms with Crippen molar-refractivity contribution in [3.63, 3.8) is 0 Å². The van der Waals surface area contributed by atoms with Gasteiger partial charge in [0.25, 0.3) is 0 Å². The van der Waals surface area contributed by atoms with Gasteiger partial charge in [-0.25, -0.2) is 4.79 Å². The molecule has 0 radical (unpaired) electrons. The molecule has 4 heteroatoms. The average Bonchev–Trinajstić information content (AvgIpc) is 2.76. The molecule has 0 aliphatic carbocycles. The fourth-order valence-corrected chi connectivity index (χ4v) is 2.12. The second kappa shape index (κ2) is 2.88. The van der Waals surface area contributed by atoms with Crippen LogP contribution in [-0.4, -0.2) is 20.6 Å². The Kier molecular flexibility index (Phi) is 1.63. The highest BCUT2D eigenvalue weighted by atomic mass is 16.4. The number of nitrogens with one attached hydrogen (secondary N) is 1. The van der Waals surface area contributed by atoms with E-state index in [1.807, 2.05) is 24.3 Å². The summed E-state index contributed by atoms with van der Waals surface area (Å²) < 4.78 is 1.66. The van der Waals surface area contributed by atoms with E-state index in [2.05, 4.69) is 4.98 Å². The van der Waals surface area contributed by atoms with Crippen molar-refractivity contribution >= 4 is 27.9 Å². The van der Waals surface area contributed by atoms with Gasteiger partial charge in [-0.1, -0.05) is 18.2 Å². The van der Waals surface area contributed by atoms with Gasteiger partial charge in [-0.3, -0.25) is 0 Å². The molecule has 0 saturated carbocycles. The summed E-state index contributed by atoms with van der Waals surface area (Å²) in [6.45, 7) is 0. The van der Waals surface area contributed by atoms with E-state index >= 15 is 0 Å². The molecule has 0 aliphatic heterocycles. The Morgan fingerprint density at radius 2 is 2.06 bits per heavy atom. The molecule has 0 saturated heterocycles. The first-order valence-electron chi connectivity index (χ1n) is 4.98. The standard InChI is InChI=1S/C12H10N2O2/c1-14-10(12(15)16)6-8-7-4-2-3-5-9(7)13-11(8)14/h2-6,13H,1H3,(H,15,16). The number of hydrogen-bond acceptors (Lipinski definition) is 1. The maximum absolute atomic E-state index is 11.0. The third kappa shape index (κ3) is 1.01. The van der Waals surface area contributed by atoms with Crippen LogP contribution < -0.4 is 0 Å². The van der Waals surface area contributed by atoms with Crippen molar-refractivity contribution in [1.29, 1.82) is 0 Å². The van der Waals surface area contributed by atoms with Crippen LogP contribution in [0.5, 0.6) is 0 Å². The monoisotopic (exact) mass is 214 g/mol. The van der Waals surface area contributed by atoms with Crippen LogP contribution in [0.1, 0.15) is 10.5 Å².